The van der Waals surface area contributed by atoms with Crippen LogP contribution in [0.1, 0.15) is 15.9 Å². The molecule has 100 valence electrons. The highest BCUT2D eigenvalue weighted by Gasteiger charge is 2.12. The van der Waals surface area contributed by atoms with Gasteiger partial charge in [-0.3, -0.25) is 10.1 Å². The molecule has 0 aliphatic carbocycles. The average molecular weight is 285 g/mol. The SMILES string of the molecule is Cc1cccc2sc(NC(=O)c3ccc[n+]([O-])c3)nc12. The lowest BCUT2D eigenvalue weighted by Gasteiger charge is -2.01. The maximum atomic E-state index is 12.0. The van der Waals surface area contributed by atoms with E-state index in [1.54, 1.807) is 6.07 Å². The van der Waals surface area contributed by atoms with Gasteiger partial charge in [-0.2, -0.15) is 4.73 Å². The van der Waals surface area contributed by atoms with Crippen LogP contribution in [0.25, 0.3) is 10.2 Å². The van der Waals surface area contributed by atoms with E-state index in [4.69, 9.17) is 0 Å². The van der Waals surface area contributed by atoms with Crippen LogP contribution >= 0.6 is 11.3 Å². The Morgan fingerprint density at radius 2 is 2.20 bits per heavy atom. The third-order valence-corrected chi connectivity index (χ3v) is 3.81. The van der Waals surface area contributed by atoms with Gasteiger partial charge in [-0.1, -0.05) is 23.5 Å². The molecule has 5 nitrogen and oxygen atoms in total. The van der Waals surface area contributed by atoms with E-state index in [0.29, 0.717) is 15.4 Å². The van der Waals surface area contributed by atoms with Crippen molar-refractivity contribution in [1.29, 1.82) is 0 Å². The molecule has 0 aliphatic rings. The van der Waals surface area contributed by atoms with Gasteiger partial charge in [0.25, 0.3) is 5.91 Å². The van der Waals surface area contributed by atoms with E-state index >= 15 is 0 Å². The third-order valence-electron chi connectivity index (χ3n) is 2.88. The molecule has 3 rings (SSSR count). The summed E-state index contributed by atoms with van der Waals surface area (Å²) in [7, 11) is 0. The van der Waals surface area contributed by atoms with Crippen molar-refractivity contribution >= 4 is 32.6 Å². The molecule has 0 radical (unpaired) electrons. The van der Waals surface area contributed by atoms with Gasteiger partial charge in [-0.05, 0) is 24.6 Å². The van der Waals surface area contributed by atoms with Gasteiger partial charge in [-0.15, -0.1) is 0 Å². The van der Waals surface area contributed by atoms with Gasteiger partial charge in [0.15, 0.2) is 17.5 Å². The second kappa shape index (κ2) is 4.90. The van der Waals surface area contributed by atoms with Gasteiger partial charge in [0.1, 0.15) is 5.56 Å². The number of thiazole rings is 1. The van der Waals surface area contributed by atoms with Gasteiger partial charge in [0.05, 0.1) is 10.2 Å². The summed E-state index contributed by atoms with van der Waals surface area (Å²) in [5, 5.41) is 14.4. The first kappa shape index (κ1) is 12.6. The van der Waals surface area contributed by atoms with Gasteiger partial charge in [0, 0.05) is 6.07 Å². The summed E-state index contributed by atoms with van der Waals surface area (Å²) < 4.78 is 1.62. The topological polar surface area (TPSA) is 68.9 Å². The number of nitrogens with zero attached hydrogens (tertiary/aromatic N) is 2. The fraction of sp³-hybridized carbons (Fsp3) is 0.0714. The number of benzene rings is 1. The van der Waals surface area contributed by atoms with Crippen LogP contribution in [0.4, 0.5) is 5.13 Å². The number of pyridine rings is 1. The van der Waals surface area contributed by atoms with E-state index in [2.05, 4.69) is 10.3 Å². The van der Waals surface area contributed by atoms with Crippen LogP contribution in [-0.2, 0) is 0 Å². The summed E-state index contributed by atoms with van der Waals surface area (Å²) in [6, 6.07) is 9.01. The zero-order valence-corrected chi connectivity index (χ0v) is 11.5. The molecule has 1 aromatic carbocycles. The zero-order valence-electron chi connectivity index (χ0n) is 10.7. The van der Waals surface area contributed by atoms with Crippen LogP contribution in [0.5, 0.6) is 0 Å². The van der Waals surface area contributed by atoms with E-state index in [1.807, 2.05) is 25.1 Å². The minimum Gasteiger partial charge on any atom is -0.619 e. The highest BCUT2D eigenvalue weighted by Crippen LogP contribution is 2.28. The summed E-state index contributed by atoms with van der Waals surface area (Å²) in [6.45, 7) is 1.98. The Labute approximate surface area is 119 Å². The normalized spacial score (nSPS) is 10.7. The number of nitrogens with one attached hydrogen (secondary N) is 1. The fourth-order valence-corrected chi connectivity index (χ4v) is 2.84. The molecule has 1 amide bonds. The van der Waals surface area contributed by atoms with Crippen LogP contribution in [0, 0.1) is 12.1 Å². The van der Waals surface area contributed by atoms with E-state index < -0.39 is 0 Å². The van der Waals surface area contributed by atoms with Crippen molar-refractivity contribution in [1.82, 2.24) is 4.98 Å². The number of aryl methyl sites for hydroxylation is 1. The van der Waals surface area contributed by atoms with Crippen molar-refractivity contribution in [3.63, 3.8) is 0 Å². The first-order chi connectivity index (χ1) is 9.63. The Balaban J connectivity index is 1.89. The second-order valence-electron chi connectivity index (χ2n) is 4.35. The molecule has 0 bridgehead atoms. The van der Waals surface area contributed by atoms with Crippen LogP contribution in [0.2, 0.25) is 0 Å². The van der Waals surface area contributed by atoms with Crippen molar-refractivity contribution in [3.05, 3.63) is 59.1 Å². The number of amides is 1. The number of fused-ring (bicyclic) bond motifs is 1. The van der Waals surface area contributed by atoms with Crippen LogP contribution in [0.3, 0.4) is 0 Å². The quantitative estimate of drug-likeness (QED) is 0.581. The summed E-state index contributed by atoms with van der Waals surface area (Å²) in [5.41, 5.74) is 2.26. The molecule has 0 spiro atoms. The lowest BCUT2D eigenvalue weighted by atomic mass is 10.2. The van der Waals surface area contributed by atoms with Crippen molar-refractivity contribution in [3.8, 4) is 0 Å². The lowest BCUT2D eigenvalue weighted by molar-refractivity contribution is -0.605. The van der Waals surface area contributed by atoms with Crippen LogP contribution in [-0.4, -0.2) is 10.9 Å². The number of rotatable bonds is 2. The number of aromatic nitrogens is 2. The first-order valence-electron chi connectivity index (χ1n) is 6.00. The molecule has 0 fully saturated rings. The predicted octanol–water partition coefficient (Wildman–Crippen LogP) is 2.49. The number of hydrogen-bond acceptors (Lipinski definition) is 4. The Morgan fingerprint density at radius 3 is 2.95 bits per heavy atom. The molecule has 20 heavy (non-hydrogen) atoms. The zero-order chi connectivity index (χ0) is 14.1. The lowest BCUT2D eigenvalue weighted by Crippen LogP contribution is -2.27. The van der Waals surface area contributed by atoms with E-state index in [0.717, 1.165) is 15.8 Å². The van der Waals surface area contributed by atoms with E-state index in [9.17, 15) is 10.0 Å². The molecule has 2 aromatic heterocycles. The highest BCUT2D eigenvalue weighted by atomic mass is 32.1. The van der Waals surface area contributed by atoms with Gasteiger partial charge >= 0.3 is 0 Å². The highest BCUT2D eigenvalue weighted by molar-refractivity contribution is 7.22. The molecule has 1 N–H and O–H groups in total. The Hall–Kier alpha value is -2.47. The molecule has 6 heteroatoms. The first-order valence-corrected chi connectivity index (χ1v) is 6.81. The third kappa shape index (κ3) is 2.33. The van der Waals surface area contributed by atoms with E-state index in [1.165, 1.54) is 29.8 Å². The molecule has 3 aromatic rings. The largest absolute Gasteiger partial charge is 0.619 e. The van der Waals surface area contributed by atoms with Gasteiger partial charge in [-0.25, -0.2) is 4.98 Å². The Morgan fingerprint density at radius 1 is 1.35 bits per heavy atom. The van der Waals surface area contributed by atoms with E-state index in [-0.39, 0.29) is 5.91 Å². The molecule has 0 atom stereocenters. The summed E-state index contributed by atoms with van der Waals surface area (Å²) in [5.74, 6) is -0.341. The smallest absolute Gasteiger partial charge is 0.263 e. The standard InChI is InChI=1S/C14H11N3O2S/c1-9-4-2-6-11-12(9)15-14(20-11)16-13(18)10-5-3-7-17(19)8-10/h2-8H,1H3,(H,15,16,18). The van der Waals surface area contributed by atoms with Crippen molar-refractivity contribution in [2.75, 3.05) is 5.32 Å². The molecular weight excluding hydrogens is 274 g/mol. The van der Waals surface area contributed by atoms with Crippen LogP contribution < -0.4 is 10.0 Å². The molecule has 2 heterocycles. The summed E-state index contributed by atoms with van der Waals surface area (Å²) >= 11 is 1.41. The molecule has 0 saturated carbocycles. The maximum Gasteiger partial charge on any atom is 0.263 e. The number of carbonyl (C=O) groups excluding carboxylic acids is 1. The predicted molar refractivity (Wildman–Crippen MR) is 77.7 cm³/mol. The monoisotopic (exact) mass is 285 g/mol. The fourth-order valence-electron chi connectivity index (χ4n) is 1.90. The molecule has 0 unspecified atom stereocenters. The minimum absolute atomic E-state index is 0.304. The summed E-state index contributed by atoms with van der Waals surface area (Å²) in [6.07, 6.45) is 2.56. The van der Waals surface area contributed by atoms with Crippen molar-refractivity contribution in [2.24, 2.45) is 0 Å². The van der Waals surface area contributed by atoms with Gasteiger partial charge < -0.3 is 5.21 Å². The van der Waals surface area contributed by atoms with Crippen molar-refractivity contribution in [2.45, 2.75) is 6.92 Å². The Bertz CT molecular complexity index is 798. The minimum atomic E-state index is -0.341. The molecule has 0 aliphatic heterocycles. The maximum absolute atomic E-state index is 12.0. The second-order valence-corrected chi connectivity index (χ2v) is 5.38. The summed E-state index contributed by atoms with van der Waals surface area (Å²) in [4.78, 5) is 16.4. The average Bonchev–Trinajstić information content (AvgIpc) is 2.83. The number of hydrogen-bond donors (Lipinski definition) is 1. The van der Waals surface area contributed by atoms with Crippen molar-refractivity contribution < 1.29 is 9.52 Å². The Kier molecular flexibility index (Phi) is 3.08. The van der Waals surface area contributed by atoms with Crippen LogP contribution in [0.15, 0.2) is 42.7 Å². The molecular formula is C14H11N3O2S. The number of carbonyl (C=O) groups is 1. The molecule has 0 saturated heterocycles. The number of anilines is 1. The van der Waals surface area contributed by atoms with Gasteiger partial charge in [0.2, 0.25) is 0 Å². The number of para-hydroxylation sites is 1.